The van der Waals surface area contributed by atoms with Crippen molar-refractivity contribution in [1.29, 1.82) is 0 Å². The molecule has 0 saturated carbocycles. The lowest BCUT2D eigenvalue weighted by Crippen LogP contribution is -2.43. The lowest BCUT2D eigenvalue weighted by atomic mass is 10.2. The highest BCUT2D eigenvalue weighted by atomic mass is 16.6. The molecule has 1 heterocycles. The number of piperazine rings is 1. The van der Waals surface area contributed by atoms with Crippen molar-refractivity contribution in [2.45, 2.75) is 0 Å². The molecule has 0 amide bonds. The van der Waals surface area contributed by atoms with Crippen LogP contribution in [0.5, 0.6) is 5.75 Å². The fourth-order valence-corrected chi connectivity index (χ4v) is 1.75. The van der Waals surface area contributed by atoms with Gasteiger partial charge in [-0.25, -0.2) is 0 Å². The van der Waals surface area contributed by atoms with Crippen LogP contribution in [0.2, 0.25) is 0 Å². The first-order valence-electron chi connectivity index (χ1n) is 5.19. The molecule has 2 N–H and O–H groups in total. The number of hydrogen-bond donors (Lipinski definition) is 2. The average Bonchev–Trinajstić information content (AvgIpc) is 2.32. The summed E-state index contributed by atoms with van der Waals surface area (Å²) in [4.78, 5) is 2.33. The first-order chi connectivity index (χ1) is 7.40. The molecule has 0 unspecified atom stereocenters. The number of ether oxygens (including phenoxy) is 1. The number of rotatable bonds is 3. The summed E-state index contributed by atoms with van der Waals surface area (Å²) in [6, 6.07) is 7.81. The van der Waals surface area contributed by atoms with Gasteiger partial charge in [-0.1, -0.05) is 0 Å². The Balaban J connectivity index is 2.02. The van der Waals surface area contributed by atoms with Gasteiger partial charge in [-0.05, 0) is 24.3 Å². The van der Waals surface area contributed by atoms with Crippen LogP contribution in [-0.2, 0) is 0 Å². The van der Waals surface area contributed by atoms with Gasteiger partial charge in [0.25, 0.3) is 0 Å². The zero-order chi connectivity index (χ0) is 10.5. The van der Waals surface area contributed by atoms with Crippen LogP contribution in [-0.4, -0.2) is 38.1 Å². The van der Waals surface area contributed by atoms with E-state index in [4.69, 9.17) is 9.84 Å². The second kappa shape index (κ2) is 5.00. The minimum absolute atomic E-state index is 0.271. The number of nitrogens with zero attached hydrogens (tertiary/aromatic N) is 1. The topological polar surface area (TPSA) is 44.7 Å². The van der Waals surface area contributed by atoms with Crippen molar-refractivity contribution in [2.24, 2.45) is 0 Å². The largest absolute Gasteiger partial charge is 0.468 e. The van der Waals surface area contributed by atoms with Crippen LogP contribution in [0.1, 0.15) is 0 Å². The summed E-state index contributed by atoms with van der Waals surface area (Å²) < 4.78 is 4.97. The van der Waals surface area contributed by atoms with Crippen LogP contribution in [0.25, 0.3) is 0 Å². The van der Waals surface area contributed by atoms with Gasteiger partial charge in [-0.3, -0.25) is 0 Å². The molecule has 2 rings (SSSR count). The number of benzene rings is 1. The number of nitrogens with one attached hydrogen (secondary N) is 1. The van der Waals surface area contributed by atoms with Crippen LogP contribution < -0.4 is 15.0 Å². The molecule has 1 aromatic carbocycles. The van der Waals surface area contributed by atoms with Gasteiger partial charge < -0.3 is 20.1 Å². The Morgan fingerprint density at radius 2 is 1.87 bits per heavy atom. The maximum absolute atomic E-state index is 8.60. The lowest BCUT2D eigenvalue weighted by molar-refractivity contribution is 0.0985. The van der Waals surface area contributed by atoms with E-state index in [-0.39, 0.29) is 6.79 Å². The van der Waals surface area contributed by atoms with Crippen molar-refractivity contribution in [3.63, 3.8) is 0 Å². The third-order valence-electron chi connectivity index (χ3n) is 2.55. The van der Waals surface area contributed by atoms with Gasteiger partial charge in [0.1, 0.15) is 5.75 Å². The zero-order valence-corrected chi connectivity index (χ0v) is 8.65. The van der Waals surface area contributed by atoms with Gasteiger partial charge in [0.15, 0.2) is 6.79 Å². The van der Waals surface area contributed by atoms with Gasteiger partial charge in [0.2, 0.25) is 0 Å². The van der Waals surface area contributed by atoms with Crippen LogP contribution in [0.15, 0.2) is 24.3 Å². The van der Waals surface area contributed by atoms with Gasteiger partial charge >= 0.3 is 0 Å². The van der Waals surface area contributed by atoms with Crippen molar-refractivity contribution in [1.82, 2.24) is 5.32 Å². The summed E-state index contributed by atoms with van der Waals surface area (Å²) >= 11 is 0. The monoisotopic (exact) mass is 208 g/mol. The van der Waals surface area contributed by atoms with E-state index < -0.39 is 0 Å². The van der Waals surface area contributed by atoms with E-state index >= 15 is 0 Å². The van der Waals surface area contributed by atoms with Crippen molar-refractivity contribution in [3.8, 4) is 5.75 Å². The lowest BCUT2D eigenvalue weighted by Gasteiger charge is -2.29. The molecular weight excluding hydrogens is 192 g/mol. The van der Waals surface area contributed by atoms with E-state index in [2.05, 4.69) is 10.2 Å². The molecule has 0 bridgehead atoms. The summed E-state index contributed by atoms with van der Waals surface area (Å²) in [7, 11) is 0. The van der Waals surface area contributed by atoms with E-state index in [1.54, 1.807) is 0 Å². The van der Waals surface area contributed by atoms with Gasteiger partial charge in [0, 0.05) is 31.9 Å². The molecular formula is C11H16N2O2. The molecule has 0 spiro atoms. The van der Waals surface area contributed by atoms with Crippen molar-refractivity contribution >= 4 is 5.69 Å². The minimum Gasteiger partial charge on any atom is -0.468 e. The number of aliphatic hydroxyl groups is 1. The second-order valence-electron chi connectivity index (χ2n) is 3.50. The Hall–Kier alpha value is -1.26. The zero-order valence-electron chi connectivity index (χ0n) is 8.65. The van der Waals surface area contributed by atoms with Crippen LogP contribution in [0.3, 0.4) is 0 Å². The molecule has 0 radical (unpaired) electrons. The van der Waals surface area contributed by atoms with E-state index in [0.29, 0.717) is 5.75 Å². The molecule has 1 saturated heterocycles. The molecule has 0 aromatic heterocycles. The quantitative estimate of drug-likeness (QED) is 0.707. The summed E-state index contributed by atoms with van der Waals surface area (Å²) in [6.45, 7) is 3.89. The Kier molecular flexibility index (Phi) is 3.42. The molecule has 0 atom stereocenters. The van der Waals surface area contributed by atoms with Crippen molar-refractivity contribution < 1.29 is 9.84 Å². The fraction of sp³-hybridized carbons (Fsp3) is 0.455. The summed E-state index contributed by atoms with van der Waals surface area (Å²) in [5.41, 5.74) is 1.21. The number of anilines is 1. The first kappa shape index (κ1) is 10.3. The third-order valence-corrected chi connectivity index (χ3v) is 2.55. The Labute approximate surface area is 89.5 Å². The molecule has 4 nitrogen and oxygen atoms in total. The normalized spacial score (nSPS) is 16.5. The summed E-state index contributed by atoms with van der Waals surface area (Å²) in [5.74, 6) is 0.705. The van der Waals surface area contributed by atoms with Crippen LogP contribution >= 0.6 is 0 Å². The number of hydrogen-bond acceptors (Lipinski definition) is 4. The van der Waals surface area contributed by atoms with E-state index in [1.165, 1.54) is 5.69 Å². The number of aliphatic hydroxyl groups excluding tert-OH is 1. The molecule has 0 aliphatic carbocycles. The Morgan fingerprint density at radius 1 is 1.20 bits per heavy atom. The fourth-order valence-electron chi connectivity index (χ4n) is 1.75. The van der Waals surface area contributed by atoms with Gasteiger partial charge in [-0.15, -0.1) is 0 Å². The van der Waals surface area contributed by atoms with E-state index in [1.807, 2.05) is 24.3 Å². The smallest absolute Gasteiger partial charge is 0.186 e. The highest BCUT2D eigenvalue weighted by Crippen LogP contribution is 2.19. The maximum atomic E-state index is 8.60. The van der Waals surface area contributed by atoms with Gasteiger partial charge in [0.05, 0.1) is 0 Å². The molecule has 15 heavy (non-hydrogen) atoms. The average molecular weight is 208 g/mol. The van der Waals surface area contributed by atoms with Crippen LogP contribution in [0.4, 0.5) is 5.69 Å². The Bertz CT molecular complexity index is 294. The van der Waals surface area contributed by atoms with E-state index in [0.717, 1.165) is 26.2 Å². The predicted octanol–water partition coefficient (Wildman–Crippen LogP) is 0.425. The second-order valence-corrected chi connectivity index (χ2v) is 3.50. The highest BCUT2D eigenvalue weighted by Gasteiger charge is 2.09. The summed E-state index contributed by atoms with van der Waals surface area (Å²) in [6.07, 6.45) is 0. The van der Waals surface area contributed by atoms with Crippen LogP contribution in [0, 0.1) is 0 Å². The van der Waals surface area contributed by atoms with Crippen molar-refractivity contribution in [2.75, 3.05) is 37.9 Å². The first-order valence-corrected chi connectivity index (χ1v) is 5.19. The van der Waals surface area contributed by atoms with E-state index in [9.17, 15) is 0 Å². The molecule has 82 valence electrons. The highest BCUT2D eigenvalue weighted by molar-refractivity contribution is 5.49. The van der Waals surface area contributed by atoms with Crippen molar-refractivity contribution in [3.05, 3.63) is 24.3 Å². The molecule has 1 fully saturated rings. The standard InChI is InChI=1S/C11H16N2O2/c14-9-15-11-3-1-10(2-4-11)13-7-5-12-6-8-13/h1-4,12,14H,5-9H2. The summed E-state index contributed by atoms with van der Waals surface area (Å²) in [5, 5.41) is 11.9. The molecule has 1 aliphatic heterocycles. The molecule has 4 heteroatoms. The predicted molar refractivity (Wildman–Crippen MR) is 59.2 cm³/mol. The molecule has 1 aliphatic rings. The maximum Gasteiger partial charge on any atom is 0.186 e. The Morgan fingerprint density at radius 3 is 2.47 bits per heavy atom. The SMILES string of the molecule is OCOc1ccc(N2CCNCC2)cc1. The van der Waals surface area contributed by atoms with Gasteiger partial charge in [-0.2, -0.15) is 0 Å². The third kappa shape index (κ3) is 2.61. The minimum atomic E-state index is -0.271. The molecule has 1 aromatic rings.